The Morgan fingerprint density at radius 3 is 2.22 bits per heavy atom. The minimum absolute atomic E-state index is 0.282. The average Bonchev–Trinajstić information content (AvgIpc) is 1.83. The predicted molar refractivity (Wildman–Crippen MR) is 46.9 cm³/mol. The maximum atomic E-state index is 2.41. The van der Waals surface area contributed by atoms with E-state index in [0.717, 1.165) is 0 Å². The van der Waals surface area contributed by atoms with Gasteiger partial charge in [0.05, 0.1) is 0 Å². The lowest BCUT2D eigenvalue weighted by molar-refractivity contribution is 0.372. The van der Waals surface area contributed by atoms with Crippen LogP contribution in [0.2, 0.25) is 19.1 Å². The van der Waals surface area contributed by atoms with Crippen LogP contribution in [0.15, 0.2) is 0 Å². The highest BCUT2D eigenvalue weighted by molar-refractivity contribution is 6.55. The Morgan fingerprint density at radius 1 is 1.33 bits per heavy atom. The standard InChI is InChI=1S/C7H19NSi/c1-5-8(2)6-7-9(3)4/h9H,5-7H2,1-4H3. The average molecular weight is 145 g/mol. The molecular weight excluding hydrogens is 126 g/mol. The van der Waals surface area contributed by atoms with E-state index in [9.17, 15) is 0 Å². The zero-order valence-corrected chi connectivity index (χ0v) is 8.30. The van der Waals surface area contributed by atoms with E-state index in [0.29, 0.717) is 0 Å². The van der Waals surface area contributed by atoms with Crippen molar-refractivity contribution in [1.82, 2.24) is 4.90 Å². The normalized spacial score (nSPS) is 11.3. The summed E-state index contributed by atoms with van der Waals surface area (Å²) in [5.74, 6) is 0. The van der Waals surface area contributed by atoms with E-state index in [1.807, 2.05) is 0 Å². The molecule has 0 amide bonds. The molecule has 56 valence electrons. The Kier molecular flexibility index (Phi) is 5.10. The summed E-state index contributed by atoms with van der Waals surface area (Å²) in [5.41, 5.74) is 0. The van der Waals surface area contributed by atoms with Crippen LogP contribution in [0.3, 0.4) is 0 Å². The molecule has 0 aliphatic heterocycles. The molecule has 0 spiro atoms. The van der Waals surface area contributed by atoms with E-state index >= 15 is 0 Å². The van der Waals surface area contributed by atoms with Gasteiger partial charge in [-0.3, -0.25) is 0 Å². The molecule has 0 rings (SSSR count). The summed E-state index contributed by atoms with van der Waals surface area (Å²) in [6, 6.07) is 1.46. The Morgan fingerprint density at radius 2 is 1.89 bits per heavy atom. The number of rotatable bonds is 4. The summed E-state index contributed by atoms with van der Waals surface area (Å²) in [6.07, 6.45) is 0. The van der Waals surface area contributed by atoms with Gasteiger partial charge in [-0.05, 0) is 26.2 Å². The molecule has 0 aliphatic rings. The van der Waals surface area contributed by atoms with Crippen LogP contribution in [0, 0.1) is 0 Å². The summed E-state index contributed by atoms with van der Waals surface area (Å²) < 4.78 is 0. The predicted octanol–water partition coefficient (Wildman–Crippen LogP) is 1.42. The van der Waals surface area contributed by atoms with Gasteiger partial charge in [0.1, 0.15) is 0 Å². The summed E-state index contributed by atoms with van der Waals surface area (Å²) in [5, 5.41) is 0. The third-order valence-electron chi connectivity index (χ3n) is 1.63. The molecule has 0 saturated heterocycles. The maximum Gasteiger partial charge on any atom is 0.0318 e. The lowest BCUT2D eigenvalue weighted by Gasteiger charge is -2.13. The summed E-state index contributed by atoms with van der Waals surface area (Å²) in [4.78, 5) is 2.38. The molecule has 0 radical (unpaired) electrons. The first-order valence-corrected chi connectivity index (χ1v) is 6.98. The van der Waals surface area contributed by atoms with Crippen molar-refractivity contribution in [3.8, 4) is 0 Å². The third kappa shape index (κ3) is 6.06. The number of hydrogen-bond acceptors (Lipinski definition) is 1. The van der Waals surface area contributed by atoms with Crippen molar-refractivity contribution < 1.29 is 0 Å². The molecule has 0 unspecified atom stereocenters. The minimum Gasteiger partial charge on any atom is -0.307 e. The number of nitrogens with zero attached hydrogens (tertiary/aromatic N) is 1. The molecule has 0 saturated carbocycles. The van der Waals surface area contributed by atoms with Crippen LogP contribution in [0.25, 0.3) is 0 Å². The summed E-state index contributed by atoms with van der Waals surface area (Å²) in [6.45, 7) is 9.52. The van der Waals surface area contributed by atoms with Crippen molar-refractivity contribution in [3.05, 3.63) is 0 Å². The van der Waals surface area contributed by atoms with Crippen molar-refractivity contribution >= 4 is 8.80 Å². The zero-order valence-electron chi connectivity index (χ0n) is 7.15. The SMILES string of the molecule is CCN(C)CC[SiH](C)C. The van der Waals surface area contributed by atoms with Gasteiger partial charge < -0.3 is 4.90 Å². The van der Waals surface area contributed by atoms with E-state index in [4.69, 9.17) is 0 Å². The van der Waals surface area contributed by atoms with Gasteiger partial charge in [-0.15, -0.1) is 0 Å². The highest BCUT2D eigenvalue weighted by Crippen LogP contribution is 1.92. The van der Waals surface area contributed by atoms with E-state index < -0.39 is 0 Å². The Balaban J connectivity index is 3.06. The fraction of sp³-hybridized carbons (Fsp3) is 1.00. The van der Waals surface area contributed by atoms with Gasteiger partial charge in [-0.2, -0.15) is 0 Å². The van der Waals surface area contributed by atoms with Gasteiger partial charge in [0.25, 0.3) is 0 Å². The molecule has 0 fully saturated rings. The highest BCUT2D eigenvalue weighted by Gasteiger charge is 1.97. The quantitative estimate of drug-likeness (QED) is 0.541. The second kappa shape index (κ2) is 5.00. The van der Waals surface area contributed by atoms with E-state index in [2.05, 4.69) is 32.0 Å². The molecule has 0 atom stereocenters. The summed E-state index contributed by atoms with van der Waals surface area (Å²) in [7, 11) is 1.91. The van der Waals surface area contributed by atoms with Crippen LogP contribution >= 0.6 is 0 Å². The molecule has 0 bridgehead atoms. The lowest BCUT2D eigenvalue weighted by Crippen LogP contribution is -2.21. The van der Waals surface area contributed by atoms with Crippen LogP contribution in [-0.4, -0.2) is 33.8 Å². The first kappa shape index (κ1) is 9.18. The fourth-order valence-corrected chi connectivity index (χ4v) is 1.59. The molecule has 2 heteroatoms. The van der Waals surface area contributed by atoms with Gasteiger partial charge in [-0.25, -0.2) is 0 Å². The Bertz CT molecular complexity index is 63.9. The monoisotopic (exact) mass is 145 g/mol. The van der Waals surface area contributed by atoms with Crippen molar-refractivity contribution in [1.29, 1.82) is 0 Å². The summed E-state index contributed by atoms with van der Waals surface area (Å²) >= 11 is 0. The molecule has 0 heterocycles. The van der Waals surface area contributed by atoms with Crippen LogP contribution in [0.1, 0.15) is 6.92 Å². The van der Waals surface area contributed by atoms with Crippen LogP contribution in [0.4, 0.5) is 0 Å². The topological polar surface area (TPSA) is 3.24 Å². The molecule has 0 aliphatic carbocycles. The van der Waals surface area contributed by atoms with Gasteiger partial charge in [-0.1, -0.05) is 20.0 Å². The second-order valence-electron chi connectivity index (χ2n) is 3.08. The van der Waals surface area contributed by atoms with Crippen LogP contribution < -0.4 is 0 Å². The number of hydrogen-bond donors (Lipinski definition) is 0. The Labute approximate surface area is 60.7 Å². The Hall–Kier alpha value is 0.177. The molecule has 9 heavy (non-hydrogen) atoms. The van der Waals surface area contributed by atoms with Crippen molar-refractivity contribution in [3.63, 3.8) is 0 Å². The molecular formula is C7H19NSi. The zero-order chi connectivity index (χ0) is 7.28. The van der Waals surface area contributed by atoms with Crippen molar-refractivity contribution in [2.75, 3.05) is 20.1 Å². The van der Waals surface area contributed by atoms with E-state index in [-0.39, 0.29) is 8.80 Å². The maximum absolute atomic E-state index is 2.41. The molecule has 0 aromatic rings. The van der Waals surface area contributed by atoms with Crippen LogP contribution in [0.5, 0.6) is 0 Å². The molecule has 0 aromatic carbocycles. The van der Waals surface area contributed by atoms with Gasteiger partial charge in [0, 0.05) is 8.80 Å². The second-order valence-corrected chi connectivity index (χ2v) is 6.44. The van der Waals surface area contributed by atoms with Crippen LogP contribution in [-0.2, 0) is 0 Å². The van der Waals surface area contributed by atoms with Crippen molar-refractivity contribution in [2.45, 2.75) is 26.1 Å². The van der Waals surface area contributed by atoms with E-state index in [1.165, 1.54) is 19.1 Å². The van der Waals surface area contributed by atoms with Crippen molar-refractivity contribution in [2.24, 2.45) is 0 Å². The minimum atomic E-state index is -0.282. The highest BCUT2D eigenvalue weighted by atomic mass is 28.3. The third-order valence-corrected chi connectivity index (χ3v) is 3.04. The fourth-order valence-electron chi connectivity index (χ4n) is 0.637. The lowest BCUT2D eigenvalue weighted by atomic mass is 10.6. The first-order chi connectivity index (χ1) is 4.16. The largest absolute Gasteiger partial charge is 0.307 e. The smallest absolute Gasteiger partial charge is 0.0318 e. The van der Waals surface area contributed by atoms with E-state index in [1.54, 1.807) is 0 Å². The van der Waals surface area contributed by atoms with Gasteiger partial charge in [0.2, 0.25) is 0 Å². The molecule has 1 nitrogen and oxygen atoms in total. The van der Waals surface area contributed by atoms with Gasteiger partial charge in [0.15, 0.2) is 0 Å². The van der Waals surface area contributed by atoms with Gasteiger partial charge >= 0.3 is 0 Å². The molecule has 0 aromatic heterocycles. The first-order valence-electron chi connectivity index (χ1n) is 3.85. The molecule has 0 N–H and O–H groups in total.